The Hall–Kier alpha value is -0.160. The van der Waals surface area contributed by atoms with Crippen molar-refractivity contribution in [3.8, 4) is 0 Å². The van der Waals surface area contributed by atoms with Crippen molar-refractivity contribution in [1.82, 2.24) is 0 Å². The van der Waals surface area contributed by atoms with Crippen LogP contribution in [-0.4, -0.2) is 38.0 Å². The van der Waals surface area contributed by atoms with E-state index in [-0.39, 0.29) is 5.79 Å². The van der Waals surface area contributed by atoms with Gasteiger partial charge in [0.2, 0.25) is 0 Å². The Bertz CT molecular complexity index is 295. The first-order valence-electron chi connectivity index (χ1n) is 8.87. The summed E-state index contributed by atoms with van der Waals surface area (Å²) < 4.78 is 22.7. The summed E-state index contributed by atoms with van der Waals surface area (Å²) in [6.45, 7) is 2.11. The minimum absolute atomic E-state index is 0.173. The third-order valence-electron chi connectivity index (χ3n) is 5.02. The molecule has 3 rings (SSSR count). The van der Waals surface area contributed by atoms with Crippen molar-refractivity contribution >= 4 is 0 Å². The van der Waals surface area contributed by atoms with Gasteiger partial charge in [-0.3, -0.25) is 0 Å². The van der Waals surface area contributed by atoms with Crippen LogP contribution in [0.5, 0.6) is 0 Å². The molecule has 21 heavy (non-hydrogen) atoms. The molecule has 2 atom stereocenters. The lowest BCUT2D eigenvalue weighted by molar-refractivity contribution is -0.162. The van der Waals surface area contributed by atoms with Gasteiger partial charge >= 0.3 is 0 Å². The van der Waals surface area contributed by atoms with Crippen molar-refractivity contribution in [3.63, 3.8) is 0 Å². The molecule has 2 saturated heterocycles. The van der Waals surface area contributed by atoms with Crippen LogP contribution in [0.1, 0.15) is 70.6 Å². The summed E-state index contributed by atoms with van der Waals surface area (Å²) in [6, 6.07) is 0. The maximum absolute atomic E-state index is 6.15. The van der Waals surface area contributed by atoms with Crippen LogP contribution >= 0.6 is 0 Å². The first kappa shape index (κ1) is 15.7. The number of hydrogen-bond acceptors (Lipinski definition) is 4. The normalized spacial score (nSPS) is 31.4. The number of hydrogen-bond donors (Lipinski definition) is 0. The summed E-state index contributed by atoms with van der Waals surface area (Å²) in [6.07, 6.45) is 14.3. The summed E-state index contributed by atoms with van der Waals surface area (Å²) in [7, 11) is 0. The van der Waals surface area contributed by atoms with E-state index in [0.29, 0.717) is 19.0 Å². The zero-order chi connectivity index (χ0) is 14.4. The van der Waals surface area contributed by atoms with Crippen molar-refractivity contribution in [2.75, 3.05) is 20.0 Å². The van der Waals surface area contributed by atoms with E-state index in [4.69, 9.17) is 18.9 Å². The molecule has 1 aliphatic carbocycles. The fourth-order valence-electron chi connectivity index (χ4n) is 3.75. The monoisotopic (exact) mass is 298 g/mol. The molecule has 1 spiro atoms. The summed E-state index contributed by atoms with van der Waals surface area (Å²) in [5.41, 5.74) is 0. The van der Waals surface area contributed by atoms with Gasteiger partial charge in [-0.25, -0.2) is 0 Å². The van der Waals surface area contributed by atoms with E-state index in [2.05, 4.69) is 0 Å². The average Bonchev–Trinajstić information content (AvgIpc) is 3.23. The lowest BCUT2D eigenvalue weighted by Gasteiger charge is -2.21. The minimum atomic E-state index is -0.173. The molecule has 4 heteroatoms. The molecule has 0 radical (unpaired) electrons. The van der Waals surface area contributed by atoms with Crippen LogP contribution in [-0.2, 0) is 18.9 Å². The molecule has 3 aliphatic rings. The van der Waals surface area contributed by atoms with E-state index in [1.807, 2.05) is 0 Å². The van der Waals surface area contributed by atoms with Gasteiger partial charge in [0.25, 0.3) is 0 Å². The van der Waals surface area contributed by atoms with Crippen LogP contribution in [0, 0.1) is 0 Å². The van der Waals surface area contributed by atoms with Crippen LogP contribution in [0.3, 0.4) is 0 Å². The van der Waals surface area contributed by atoms with E-state index in [1.54, 1.807) is 0 Å². The van der Waals surface area contributed by atoms with Crippen LogP contribution in [0.25, 0.3) is 0 Å². The predicted molar refractivity (Wildman–Crippen MR) is 80.0 cm³/mol. The van der Waals surface area contributed by atoms with Crippen molar-refractivity contribution in [3.05, 3.63) is 0 Å². The van der Waals surface area contributed by atoms with Gasteiger partial charge in [-0.05, 0) is 25.7 Å². The quantitative estimate of drug-likeness (QED) is 0.639. The zero-order valence-corrected chi connectivity index (χ0v) is 13.2. The van der Waals surface area contributed by atoms with Crippen molar-refractivity contribution in [2.24, 2.45) is 0 Å². The molecule has 122 valence electrons. The van der Waals surface area contributed by atoms with Gasteiger partial charge in [-0.15, -0.1) is 0 Å². The zero-order valence-electron chi connectivity index (χ0n) is 13.2. The first-order chi connectivity index (χ1) is 10.4. The second-order valence-corrected chi connectivity index (χ2v) is 6.79. The fraction of sp³-hybridized carbons (Fsp3) is 1.00. The summed E-state index contributed by atoms with van der Waals surface area (Å²) in [4.78, 5) is 0. The third-order valence-corrected chi connectivity index (χ3v) is 5.02. The Labute approximate surface area is 128 Å². The molecule has 0 amide bonds. The average molecular weight is 298 g/mol. The van der Waals surface area contributed by atoms with Gasteiger partial charge in [0.15, 0.2) is 5.79 Å². The standard InChI is InChI=1S/C17H30O4/c1(2-4-8-15-12-18-14-19-15)3-5-9-16-13-20-17(21-16)10-6-7-11-17/h15-16H,1-14H2. The smallest absolute Gasteiger partial charge is 0.168 e. The molecule has 0 aromatic rings. The van der Waals surface area contributed by atoms with Crippen LogP contribution in [0.4, 0.5) is 0 Å². The highest BCUT2D eigenvalue weighted by Gasteiger charge is 2.43. The molecule has 0 aromatic carbocycles. The fourth-order valence-corrected chi connectivity index (χ4v) is 3.75. The lowest BCUT2D eigenvalue weighted by atomic mass is 10.1. The van der Waals surface area contributed by atoms with Gasteiger partial charge in [0.05, 0.1) is 25.4 Å². The molecular weight excluding hydrogens is 268 g/mol. The molecule has 0 bridgehead atoms. The summed E-state index contributed by atoms with van der Waals surface area (Å²) in [5.74, 6) is -0.173. The Morgan fingerprint density at radius 1 is 0.810 bits per heavy atom. The molecule has 2 unspecified atom stereocenters. The van der Waals surface area contributed by atoms with E-state index >= 15 is 0 Å². The molecule has 0 N–H and O–H groups in total. The summed E-state index contributed by atoms with van der Waals surface area (Å²) >= 11 is 0. The molecule has 0 aromatic heterocycles. The Morgan fingerprint density at radius 2 is 1.52 bits per heavy atom. The Kier molecular flexibility index (Phi) is 5.92. The SMILES string of the molecule is C(CCCC1COCO1)CCCC1COC2(CCCC2)O1. The maximum Gasteiger partial charge on any atom is 0.168 e. The van der Waals surface area contributed by atoms with Gasteiger partial charge in [0, 0.05) is 12.8 Å². The molecule has 4 nitrogen and oxygen atoms in total. The van der Waals surface area contributed by atoms with Crippen molar-refractivity contribution in [1.29, 1.82) is 0 Å². The predicted octanol–water partition coefficient (Wildman–Crippen LogP) is 3.78. The number of unbranched alkanes of at least 4 members (excludes halogenated alkanes) is 4. The van der Waals surface area contributed by atoms with Gasteiger partial charge < -0.3 is 18.9 Å². The molecule has 3 fully saturated rings. The van der Waals surface area contributed by atoms with Crippen LogP contribution < -0.4 is 0 Å². The maximum atomic E-state index is 6.15. The Morgan fingerprint density at radius 3 is 2.24 bits per heavy atom. The molecule has 2 heterocycles. The van der Waals surface area contributed by atoms with Gasteiger partial charge in [-0.1, -0.05) is 32.1 Å². The second kappa shape index (κ2) is 7.91. The highest BCUT2D eigenvalue weighted by Crippen LogP contribution is 2.40. The minimum Gasteiger partial charge on any atom is -0.353 e. The highest BCUT2D eigenvalue weighted by atomic mass is 16.7. The van der Waals surface area contributed by atoms with Crippen LogP contribution in [0.2, 0.25) is 0 Å². The topological polar surface area (TPSA) is 36.9 Å². The van der Waals surface area contributed by atoms with E-state index < -0.39 is 0 Å². The lowest BCUT2D eigenvalue weighted by Crippen LogP contribution is -2.26. The molecular formula is C17H30O4. The van der Waals surface area contributed by atoms with Gasteiger partial charge in [-0.2, -0.15) is 0 Å². The third kappa shape index (κ3) is 4.65. The van der Waals surface area contributed by atoms with Crippen molar-refractivity contribution in [2.45, 2.75) is 88.6 Å². The van der Waals surface area contributed by atoms with Crippen molar-refractivity contribution < 1.29 is 18.9 Å². The Balaban J connectivity index is 1.16. The second-order valence-electron chi connectivity index (χ2n) is 6.79. The molecule has 1 saturated carbocycles. The van der Waals surface area contributed by atoms with E-state index in [0.717, 1.165) is 32.5 Å². The molecule has 2 aliphatic heterocycles. The summed E-state index contributed by atoms with van der Waals surface area (Å²) in [5, 5.41) is 0. The van der Waals surface area contributed by atoms with Gasteiger partial charge in [0.1, 0.15) is 6.79 Å². The first-order valence-corrected chi connectivity index (χ1v) is 8.87. The van der Waals surface area contributed by atoms with E-state index in [9.17, 15) is 0 Å². The number of rotatable bonds is 8. The number of ether oxygens (including phenoxy) is 4. The van der Waals surface area contributed by atoms with E-state index in [1.165, 1.54) is 51.4 Å². The highest BCUT2D eigenvalue weighted by molar-refractivity contribution is 4.83. The van der Waals surface area contributed by atoms with Crippen LogP contribution in [0.15, 0.2) is 0 Å². The largest absolute Gasteiger partial charge is 0.353 e.